The molecule has 0 aliphatic carbocycles. The summed E-state index contributed by atoms with van der Waals surface area (Å²) in [6.07, 6.45) is -0.0294. The third kappa shape index (κ3) is 3.91. The Labute approximate surface area is 161 Å². The molecule has 28 heavy (non-hydrogen) atoms. The zero-order chi connectivity index (χ0) is 20.3. The second-order valence-corrected chi connectivity index (χ2v) is 6.43. The molecule has 2 heterocycles. The van der Waals surface area contributed by atoms with Crippen molar-refractivity contribution in [2.45, 2.75) is 13.3 Å². The molecule has 1 amide bonds. The molecule has 1 saturated heterocycles. The van der Waals surface area contributed by atoms with Crippen molar-refractivity contribution in [2.75, 3.05) is 31.3 Å². The summed E-state index contributed by atoms with van der Waals surface area (Å²) in [5.74, 6) is -1.14. The quantitative estimate of drug-likeness (QED) is 0.445. The van der Waals surface area contributed by atoms with Crippen LogP contribution in [0.5, 0.6) is 11.5 Å². The van der Waals surface area contributed by atoms with E-state index in [1.165, 1.54) is 11.8 Å². The maximum Gasteiger partial charge on any atom is 0.311 e. The number of amides is 1. The Morgan fingerprint density at radius 1 is 1.32 bits per heavy atom. The summed E-state index contributed by atoms with van der Waals surface area (Å²) < 4.78 is 16.0. The molecule has 2 aliphatic heterocycles. The van der Waals surface area contributed by atoms with Gasteiger partial charge >= 0.3 is 5.97 Å². The third-order valence-electron chi connectivity index (χ3n) is 4.43. The molecule has 1 aromatic rings. The van der Waals surface area contributed by atoms with E-state index in [9.17, 15) is 14.4 Å². The fraction of sp³-hybridized carbons (Fsp3) is 0.368. The Hall–Kier alpha value is -3.54. The number of carbonyl (C=O) groups is 3. The van der Waals surface area contributed by atoms with E-state index in [2.05, 4.69) is 0 Å². The van der Waals surface area contributed by atoms with Crippen molar-refractivity contribution in [1.82, 2.24) is 0 Å². The number of nitrogens with two attached hydrogens (primary N) is 1. The number of ketones is 1. The van der Waals surface area contributed by atoms with Gasteiger partial charge in [0.1, 0.15) is 24.9 Å². The summed E-state index contributed by atoms with van der Waals surface area (Å²) in [7, 11) is 0. The highest BCUT2D eigenvalue weighted by molar-refractivity contribution is 6.02. The SMILES string of the molecule is C/C(N)=C(/C#N)C(=O)COC(=O)C1CC(=O)N(c2ccc3c(c2)OCCO3)C1. The second kappa shape index (κ2) is 8.00. The van der Waals surface area contributed by atoms with E-state index in [1.807, 2.05) is 0 Å². The van der Waals surface area contributed by atoms with E-state index in [1.54, 1.807) is 24.3 Å². The number of carbonyl (C=O) groups excluding carboxylic acids is 3. The average molecular weight is 385 g/mol. The van der Waals surface area contributed by atoms with Crippen molar-refractivity contribution in [2.24, 2.45) is 11.7 Å². The van der Waals surface area contributed by atoms with E-state index in [-0.39, 0.29) is 30.1 Å². The van der Waals surface area contributed by atoms with Gasteiger partial charge in [-0.05, 0) is 19.1 Å². The second-order valence-electron chi connectivity index (χ2n) is 6.43. The molecule has 0 saturated carbocycles. The molecule has 9 nitrogen and oxygen atoms in total. The van der Waals surface area contributed by atoms with E-state index in [4.69, 9.17) is 25.2 Å². The highest BCUT2D eigenvalue weighted by Crippen LogP contribution is 2.36. The number of rotatable bonds is 5. The van der Waals surface area contributed by atoms with Gasteiger partial charge in [0.05, 0.1) is 5.92 Å². The van der Waals surface area contributed by atoms with Crippen LogP contribution >= 0.6 is 0 Å². The van der Waals surface area contributed by atoms with Crippen molar-refractivity contribution >= 4 is 23.3 Å². The Bertz CT molecular complexity index is 897. The number of anilines is 1. The van der Waals surface area contributed by atoms with Gasteiger partial charge in [-0.2, -0.15) is 5.26 Å². The highest BCUT2D eigenvalue weighted by atomic mass is 16.6. The number of fused-ring (bicyclic) bond motifs is 1. The number of ether oxygens (including phenoxy) is 3. The number of nitriles is 1. The summed E-state index contributed by atoms with van der Waals surface area (Å²) in [6, 6.07) is 6.81. The Morgan fingerprint density at radius 2 is 2.04 bits per heavy atom. The van der Waals surface area contributed by atoms with Crippen molar-refractivity contribution < 1.29 is 28.6 Å². The molecule has 2 N–H and O–H groups in total. The van der Waals surface area contributed by atoms with Crippen LogP contribution in [0.4, 0.5) is 5.69 Å². The molecule has 9 heteroatoms. The molecule has 3 rings (SSSR count). The normalized spacial score (nSPS) is 18.9. The van der Waals surface area contributed by atoms with Crippen molar-refractivity contribution in [1.29, 1.82) is 5.26 Å². The zero-order valence-corrected chi connectivity index (χ0v) is 15.3. The van der Waals surface area contributed by atoms with E-state index in [0.717, 1.165) is 0 Å². The number of nitrogens with zero attached hydrogens (tertiary/aromatic N) is 2. The molecular weight excluding hydrogens is 366 g/mol. The minimum absolute atomic E-state index is 0.0294. The summed E-state index contributed by atoms with van der Waals surface area (Å²) in [5, 5.41) is 8.90. The van der Waals surface area contributed by atoms with Crippen LogP contribution in [0.25, 0.3) is 0 Å². The number of benzene rings is 1. The lowest BCUT2D eigenvalue weighted by Crippen LogP contribution is -2.27. The first-order valence-corrected chi connectivity index (χ1v) is 8.67. The van der Waals surface area contributed by atoms with Crippen LogP contribution in [0.1, 0.15) is 13.3 Å². The Kier molecular flexibility index (Phi) is 5.49. The van der Waals surface area contributed by atoms with Crippen LogP contribution in [0.2, 0.25) is 0 Å². The molecule has 1 fully saturated rings. The zero-order valence-electron chi connectivity index (χ0n) is 15.3. The first kappa shape index (κ1) is 19.2. The van der Waals surface area contributed by atoms with Gasteiger partial charge in [0, 0.05) is 30.4 Å². The smallest absolute Gasteiger partial charge is 0.311 e. The lowest BCUT2D eigenvalue weighted by molar-refractivity contribution is -0.151. The van der Waals surface area contributed by atoms with Gasteiger partial charge in [-0.1, -0.05) is 0 Å². The van der Waals surface area contributed by atoms with Gasteiger partial charge < -0.3 is 24.8 Å². The number of allylic oxidation sites excluding steroid dienone is 1. The molecule has 1 aromatic carbocycles. The van der Waals surface area contributed by atoms with Crippen molar-refractivity contribution in [3.05, 3.63) is 29.5 Å². The summed E-state index contributed by atoms with van der Waals surface area (Å²) in [6.45, 7) is 1.84. The standard InChI is InChI=1S/C19H19N3O6/c1-11(21)14(8-20)15(23)10-28-19(25)12-6-18(24)22(9-12)13-2-3-16-17(7-13)27-5-4-26-16/h2-3,7,12H,4-6,9-10,21H2,1H3/b14-11+. The van der Waals surface area contributed by atoms with Crippen LogP contribution in [0, 0.1) is 17.2 Å². The molecule has 0 radical (unpaired) electrons. The first-order valence-electron chi connectivity index (χ1n) is 8.67. The maximum atomic E-state index is 12.4. The number of Topliss-reactive ketones (excluding diaryl/α,β-unsaturated/α-hetero) is 1. The van der Waals surface area contributed by atoms with E-state index in [0.29, 0.717) is 30.4 Å². The van der Waals surface area contributed by atoms with Crippen LogP contribution in [-0.4, -0.2) is 44.0 Å². The van der Waals surface area contributed by atoms with Crippen LogP contribution in [0.3, 0.4) is 0 Å². The number of esters is 1. The number of hydrogen-bond donors (Lipinski definition) is 1. The lowest BCUT2D eigenvalue weighted by atomic mass is 10.1. The van der Waals surface area contributed by atoms with Crippen molar-refractivity contribution in [3.63, 3.8) is 0 Å². The average Bonchev–Trinajstić information content (AvgIpc) is 3.07. The van der Waals surface area contributed by atoms with Gasteiger partial charge in [0.15, 0.2) is 18.1 Å². The molecule has 1 unspecified atom stereocenters. The summed E-state index contributed by atoms with van der Waals surface area (Å²) in [4.78, 5) is 38.0. The summed E-state index contributed by atoms with van der Waals surface area (Å²) in [5.41, 5.74) is 5.86. The first-order chi connectivity index (χ1) is 13.4. The van der Waals surface area contributed by atoms with Gasteiger partial charge in [0.25, 0.3) is 0 Å². The largest absolute Gasteiger partial charge is 0.486 e. The highest BCUT2D eigenvalue weighted by Gasteiger charge is 2.37. The maximum absolute atomic E-state index is 12.4. The van der Waals surface area contributed by atoms with Gasteiger partial charge in [-0.3, -0.25) is 14.4 Å². The van der Waals surface area contributed by atoms with Crippen molar-refractivity contribution in [3.8, 4) is 17.6 Å². The fourth-order valence-corrected chi connectivity index (χ4v) is 3.01. The van der Waals surface area contributed by atoms with Gasteiger partial charge in [-0.15, -0.1) is 0 Å². The Morgan fingerprint density at radius 3 is 2.71 bits per heavy atom. The monoisotopic (exact) mass is 385 g/mol. The van der Waals surface area contributed by atoms with Crippen LogP contribution in [0.15, 0.2) is 29.5 Å². The molecule has 1 atom stereocenters. The van der Waals surface area contributed by atoms with Gasteiger partial charge in [-0.25, -0.2) is 0 Å². The molecule has 2 aliphatic rings. The predicted octanol–water partition coefficient (Wildman–Crippen LogP) is 0.679. The Balaban J connectivity index is 1.63. The van der Waals surface area contributed by atoms with Crippen LogP contribution < -0.4 is 20.1 Å². The fourth-order valence-electron chi connectivity index (χ4n) is 3.01. The van der Waals surface area contributed by atoms with Crippen LogP contribution in [-0.2, 0) is 19.1 Å². The molecule has 146 valence electrons. The summed E-state index contributed by atoms with van der Waals surface area (Å²) >= 11 is 0. The molecule has 0 aromatic heterocycles. The van der Waals surface area contributed by atoms with E-state index >= 15 is 0 Å². The van der Waals surface area contributed by atoms with E-state index < -0.39 is 24.3 Å². The molecular formula is C19H19N3O6. The number of hydrogen-bond acceptors (Lipinski definition) is 8. The topological polar surface area (TPSA) is 132 Å². The predicted molar refractivity (Wildman–Crippen MR) is 96.4 cm³/mol. The minimum atomic E-state index is -0.706. The third-order valence-corrected chi connectivity index (χ3v) is 4.43. The minimum Gasteiger partial charge on any atom is -0.486 e. The lowest BCUT2D eigenvalue weighted by Gasteiger charge is -2.22. The molecule has 0 spiro atoms. The molecule has 0 bridgehead atoms. The van der Waals surface area contributed by atoms with Gasteiger partial charge in [0.2, 0.25) is 11.7 Å².